The molecule has 0 saturated heterocycles. The highest BCUT2D eigenvalue weighted by Gasteiger charge is 2.45. The molecule has 2 fully saturated rings. The Kier molecular flexibility index (Phi) is 4.20. The standard InChI is InChI=1S/C23H24N2O3/c26-22(25-18-7-11-23(27,12-8-18)17-5-6-17)16-3-1-15(2-4-16)21-19-10-14-28-20(19)9-13-24-21/h1-4,9-10,13-14,17-18,27H,5-8,11-12H2,(H,25,26)/t18-,23+. The highest BCUT2D eigenvalue weighted by Crippen LogP contribution is 2.47. The summed E-state index contributed by atoms with van der Waals surface area (Å²) in [4.78, 5) is 17.1. The van der Waals surface area contributed by atoms with Crippen molar-refractivity contribution in [3.63, 3.8) is 0 Å². The number of hydrogen-bond donors (Lipinski definition) is 2. The minimum absolute atomic E-state index is 0.0529. The summed E-state index contributed by atoms with van der Waals surface area (Å²) < 4.78 is 5.44. The molecule has 2 aliphatic rings. The second-order valence-corrected chi connectivity index (χ2v) is 8.19. The van der Waals surface area contributed by atoms with Crippen molar-refractivity contribution < 1.29 is 14.3 Å². The lowest BCUT2D eigenvalue weighted by Gasteiger charge is -2.36. The van der Waals surface area contributed by atoms with Gasteiger partial charge in [-0.1, -0.05) is 12.1 Å². The Morgan fingerprint density at radius 2 is 1.82 bits per heavy atom. The van der Waals surface area contributed by atoms with Gasteiger partial charge < -0.3 is 14.8 Å². The average molecular weight is 376 g/mol. The molecule has 2 N–H and O–H groups in total. The second-order valence-electron chi connectivity index (χ2n) is 8.19. The third-order valence-corrected chi connectivity index (χ3v) is 6.32. The van der Waals surface area contributed by atoms with Crippen molar-refractivity contribution in [3.05, 3.63) is 54.4 Å². The molecule has 2 heterocycles. The van der Waals surface area contributed by atoms with Crippen LogP contribution >= 0.6 is 0 Å². The van der Waals surface area contributed by atoms with Crippen LogP contribution in [0.25, 0.3) is 22.2 Å². The molecule has 2 aromatic heterocycles. The number of nitrogens with zero attached hydrogens (tertiary/aromatic N) is 1. The van der Waals surface area contributed by atoms with Gasteiger partial charge in [-0.05, 0) is 68.7 Å². The van der Waals surface area contributed by atoms with Crippen molar-refractivity contribution in [2.24, 2.45) is 5.92 Å². The van der Waals surface area contributed by atoms with E-state index >= 15 is 0 Å². The lowest BCUT2D eigenvalue weighted by Crippen LogP contribution is -2.44. The predicted molar refractivity (Wildman–Crippen MR) is 107 cm³/mol. The molecule has 0 spiro atoms. The van der Waals surface area contributed by atoms with E-state index in [9.17, 15) is 9.90 Å². The van der Waals surface area contributed by atoms with Crippen molar-refractivity contribution in [1.82, 2.24) is 10.3 Å². The molecule has 0 aliphatic heterocycles. The molecule has 5 nitrogen and oxygen atoms in total. The van der Waals surface area contributed by atoms with Gasteiger partial charge in [0.25, 0.3) is 5.91 Å². The first-order valence-electron chi connectivity index (χ1n) is 10.1. The summed E-state index contributed by atoms with van der Waals surface area (Å²) in [6, 6.07) is 11.4. The monoisotopic (exact) mass is 376 g/mol. The lowest BCUT2D eigenvalue weighted by atomic mass is 9.79. The largest absolute Gasteiger partial charge is 0.464 e. The highest BCUT2D eigenvalue weighted by molar-refractivity contribution is 5.96. The van der Waals surface area contributed by atoms with E-state index in [1.807, 2.05) is 36.4 Å². The Labute approximate surface area is 163 Å². The van der Waals surface area contributed by atoms with Crippen molar-refractivity contribution in [2.45, 2.75) is 50.2 Å². The minimum Gasteiger partial charge on any atom is -0.464 e. The van der Waals surface area contributed by atoms with E-state index < -0.39 is 5.60 Å². The molecule has 144 valence electrons. The normalized spacial score (nSPS) is 25.0. The number of fused-ring (bicyclic) bond motifs is 1. The van der Waals surface area contributed by atoms with Gasteiger partial charge in [0.1, 0.15) is 5.58 Å². The summed E-state index contributed by atoms with van der Waals surface area (Å²) in [7, 11) is 0. The Balaban J connectivity index is 1.26. The average Bonchev–Trinajstić information content (AvgIpc) is 3.48. The van der Waals surface area contributed by atoms with Crippen molar-refractivity contribution in [1.29, 1.82) is 0 Å². The molecule has 5 heteroatoms. The van der Waals surface area contributed by atoms with Gasteiger partial charge in [-0.25, -0.2) is 0 Å². The summed E-state index contributed by atoms with van der Waals surface area (Å²) in [6.45, 7) is 0. The van der Waals surface area contributed by atoms with Gasteiger partial charge in [-0.2, -0.15) is 0 Å². The quantitative estimate of drug-likeness (QED) is 0.711. The minimum atomic E-state index is -0.482. The number of amides is 1. The number of aliphatic hydroxyl groups is 1. The van der Waals surface area contributed by atoms with Gasteiger partial charge in [0.05, 0.1) is 17.6 Å². The fourth-order valence-electron chi connectivity index (χ4n) is 4.46. The number of carbonyl (C=O) groups excluding carboxylic acids is 1. The molecule has 2 saturated carbocycles. The summed E-state index contributed by atoms with van der Waals surface area (Å²) in [5.74, 6) is 0.438. The molecule has 28 heavy (non-hydrogen) atoms. The third-order valence-electron chi connectivity index (χ3n) is 6.32. The highest BCUT2D eigenvalue weighted by atomic mass is 16.3. The topological polar surface area (TPSA) is 75.4 Å². The Bertz CT molecular complexity index is 996. The lowest BCUT2D eigenvalue weighted by molar-refractivity contribution is -0.0231. The summed E-state index contributed by atoms with van der Waals surface area (Å²) in [5, 5.41) is 14.8. The van der Waals surface area contributed by atoms with E-state index in [2.05, 4.69) is 10.3 Å². The SMILES string of the molecule is O=C(N[C@H]1CC[C@](O)(C2CC2)CC1)c1ccc(-c2nccc3occc23)cc1. The van der Waals surface area contributed by atoms with Crippen molar-refractivity contribution in [2.75, 3.05) is 0 Å². The number of benzene rings is 1. The predicted octanol–water partition coefficient (Wildman–Crippen LogP) is 4.31. The van der Waals surface area contributed by atoms with Crippen LogP contribution in [0.5, 0.6) is 0 Å². The molecule has 1 aromatic carbocycles. The van der Waals surface area contributed by atoms with Gasteiger partial charge in [0.2, 0.25) is 0 Å². The van der Waals surface area contributed by atoms with Gasteiger partial charge in [-0.3, -0.25) is 9.78 Å². The van der Waals surface area contributed by atoms with Crippen LogP contribution in [0, 0.1) is 5.92 Å². The van der Waals surface area contributed by atoms with Crippen LogP contribution in [0.1, 0.15) is 48.9 Å². The Hall–Kier alpha value is -2.66. The summed E-state index contributed by atoms with van der Waals surface area (Å²) in [6.07, 6.45) is 8.98. The molecule has 5 rings (SSSR count). The van der Waals surface area contributed by atoms with Crippen LogP contribution in [0.4, 0.5) is 0 Å². The smallest absolute Gasteiger partial charge is 0.251 e. The fraction of sp³-hybridized carbons (Fsp3) is 0.391. The first-order valence-corrected chi connectivity index (χ1v) is 10.1. The van der Waals surface area contributed by atoms with Crippen LogP contribution < -0.4 is 5.32 Å². The molecular formula is C23H24N2O3. The zero-order valence-electron chi connectivity index (χ0n) is 15.7. The zero-order chi connectivity index (χ0) is 19.1. The maximum atomic E-state index is 12.6. The maximum Gasteiger partial charge on any atom is 0.251 e. The zero-order valence-corrected chi connectivity index (χ0v) is 15.7. The van der Waals surface area contributed by atoms with Gasteiger partial charge >= 0.3 is 0 Å². The first-order chi connectivity index (χ1) is 13.6. The Morgan fingerprint density at radius 3 is 2.54 bits per heavy atom. The number of furan rings is 1. The van der Waals surface area contributed by atoms with Crippen LogP contribution in [-0.4, -0.2) is 27.6 Å². The number of rotatable bonds is 4. The van der Waals surface area contributed by atoms with Crippen molar-refractivity contribution >= 4 is 16.9 Å². The molecule has 0 radical (unpaired) electrons. The second kappa shape index (κ2) is 6.74. The number of pyridine rings is 1. The number of aromatic nitrogens is 1. The van der Waals surface area contributed by atoms with Gasteiger partial charge in [0, 0.05) is 28.8 Å². The molecule has 1 amide bonds. The molecule has 0 bridgehead atoms. The summed E-state index contributed by atoms with van der Waals surface area (Å²) >= 11 is 0. The van der Waals surface area contributed by atoms with Crippen LogP contribution in [0.2, 0.25) is 0 Å². The van der Waals surface area contributed by atoms with E-state index in [4.69, 9.17) is 4.42 Å². The number of carbonyl (C=O) groups is 1. The third kappa shape index (κ3) is 3.20. The van der Waals surface area contributed by atoms with E-state index in [0.29, 0.717) is 11.5 Å². The van der Waals surface area contributed by atoms with Gasteiger partial charge in [-0.15, -0.1) is 0 Å². The molecular weight excluding hydrogens is 352 g/mol. The number of nitrogens with one attached hydrogen (secondary N) is 1. The molecule has 3 aromatic rings. The van der Waals surface area contributed by atoms with Crippen LogP contribution in [-0.2, 0) is 0 Å². The van der Waals surface area contributed by atoms with Crippen LogP contribution in [0.3, 0.4) is 0 Å². The maximum absolute atomic E-state index is 12.6. The van der Waals surface area contributed by atoms with E-state index in [-0.39, 0.29) is 11.9 Å². The number of hydrogen-bond acceptors (Lipinski definition) is 4. The first kappa shape index (κ1) is 17.4. The molecule has 2 aliphatic carbocycles. The Morgan fingerprint density at radius 1 is 1.07 bits per heavy atom. The van der Waals surface area contributed by atoms with Crippen molar-refractivity contribution in [3.8, 4) is 11.3 Å². The molecule has 0 atom stereocenters. The van der Waals surface area contributed by atoms with Gasteiger partial charge in [0.15, 0.2) is 0 Å². The van der Waals surface area contributed by atoms with E-state index in [0.717, 1.165) is 60.8 Å². The molecule has 0 unspecified atom stereocenters. The van der Waals surface area contributed by atoms with Crippen LogP contribution in [0.15, 0.2) is 53.3 Å². The fourth-order valence-corrected chi connectivity index (χ4v) is 4.46. The summed E-state index contributed by atoms with van der Waals surface area (Å²) in [5.41, 5.74) is 2.77. The van der Waals surface area contributed by atoms with E-state index in [1.165, 1.54) is 0 Å². The van der Waals surface area contributed by atoms with E-state index in [1.54, 1.807) is 12.5 Å².